The second kappa shape index (κ2) is 5.59. The van der Waals surface area contributed by atoms with Crippen LogP contribution in [0, 0.1) is 13.8 Å². The summed E-state index contributed by atoms with van der Waals surface area (Å²) >= 11 is 6.08. The van der Waals surface area contributed by atoms with Crippen LogP contribution in [-0.4, -0.2) is 17.2 Å². The molecule has 1 heterocycles. The molecule has 0 aliphatic carbocycles. The fourth-order valence-corrected chi connectivity index (χ4v) is 2.44. The smallest absolute Gasteiger partial charge is 0.125 e. The Bertz CT molecular complexity index is 599. The number of hydrogen-bond donors (Lipinski definition) is 1. The number of aryl methyl sites for hydroxylation is 2. The largest absolute Gasteiger partial charge is 0.496 e. The van der Waals surface area contributed by atoms with E-state index in [0.29, 0.717) is 16.3 Å². The van der Waals surface area contributed by atoms with Crippen LogP contribution in [0.4, 0.5) is 0 Å². The lowest BCUT2D eigenvalue weighted by Crippen LogP contribution is -2.06. The van der Waals surface area contributed by atoms with Crippen molar-refractivity contribution in [2.24, 2.45) is 0 Å². The SMILES string of the molecule is COc1cc(C)cc(C)c1C(O)c1ccncc1Cl. The Balaban J connectivity index is 2.56. The minimum Gasteiger partial charge on any atom is -0.496 e. The third-order valence-electron chi connectivity index (χ3n) is 3.08. The number of halogens is 1. The van der Waals surface area contributed by atoms with Gasteiger partial charge < -0.3 is 9.84 Å². The van der Waals surface area contributed by atoms with E-state index in [2.05, 4.69) is 4.98 Å². The molecule has 0 aliphatic rings. The number of pyridine rings is 1. The number of rotatable bonds is 3. The molecule has 1 N–H and O–H groups in total. The molecule has 1 unspecified atom stereocenters. The summed E-state index contributed by atoms with van der Waals surface area (Å²) in [4.78, 5) is 3.93. The molecule has 1 aromatic heterocycles. The lowest BCUT2D eigenvalue weighted by molar-refractivity contribution is 0.214. The van der Waals surface area contributed by atoms with Gasteiger partial charge in [-0.1, -0.05) is 17.7 Å². The van der Waals surface area contributed by atoms with Gasteiger partial charge >= 0.3 is 0 Å². The van der Waals surface area contributed by atoms with Crippen molar-refractivity contribution >= 4 is 11.6 Å². The summed E-state index contributed by atoms with van der Waals surface area (Å²) in [5.41, 5.74) is 3.42. The number of nitrogens with zero attached hydrogens (tertiary/aromatic N) is 1. The number of aromatic nitrogens is 1. The third-order valence-corrected chi connectivity index (χ3v) is 3.40. The number of hydrogen-bond acceptors (Lipinski definition) is 3. The molecule has 100 valence electrons. The van der Waals surface area contributed by atoms with Crippen molar-refractivity contribution in [3.05, 3.63) is 57.9 Å². The molecule has 0 spiro atoms. The Morgan fingerprint density at radius 3 is 2.68 bits per heavy atom. The van der Waals surface area contributed by atoms with Gasteiger partial charge in [0.05, 0.1) is 12.1 Å². The van der Waals surface area contributed by atoms with Gasteiger partial charge in [-0.2, -0.15) is 0 Å². The van der Waals surface area contributed by atoms with E-state index in [0.717, 1.165) is 16.7 Å². The molecule has 0 aliphatic heterocycles. The quantitative estimate of drug-likeness (QED) is 0.934. The molecule has 0 radical (unpaired) electrons. The highest BCUT2D eigenvalue weighted by atomic mass is 35.5. The van der Waals surface area contributed by atoms with Crippen molar-refractivity contribution in [2.45, 2.75) is 20.0 Å². The highest BCUT2D eigenvalue weighted by Gasteiger charge is 2.20. The Labute approximate surface area is 117 Å². The van der Waals surface area contributed by atoms with E-state index in [4.69, 9.17) is 16.3 Å². The molecular weight excluding hydrogens is 262 g/mol. The van der Waals surface area contributed by atoms with Gasteiger partial charge in [0.2, 0.25) is 0 Å². The summed E-state index contributed by atoms with van der Waals surface area (Å²) in [5, 5.41) is 11.0. The maximum Gasteiger partial charge on any atom is 0.125 e. The summed E-state index contributed by atoms with van der Waals surface area (Å²) in [7, 11) is 1.60. The van der Waals surface area contributed by atoms with Gasteiger partial charge in [0.25, 0.3) is 0 Å². The van der Waals surface area contributed by atoms with Crippen molar-refractivity contribution in [3.8, 4) is 5.75 Å². The molecule has 0 fully saturated rings. The highest BCUT2D eigenvalue weighted by Crippen LogP contribution is 2.35. The van der Waals surface area contributed by atoms with E-state index in [1.54, 1.807) is 19.4 Å². The second-order valence-corrected chi connectivity index (χ2v) is 4.90. The molecule has 1 aromatic carbocycles. The van der Waals surface area contributed by atoms with Gasteiger partial charge in [0.1, 0.15) is 11.9 Å². The van der Waals surface area contributed by atoms with Crippen LogP contribution < -0.4 is 4.74 Å². The molecule has 2 rings (SSSR count). The molecule has 2 aromatic rings. The van der Waals surface area contributed by atoms with Crippen LogP contribution in [0.25, 0.3) is 0 Å². The summed E-state index contributed by atoms with van der Waals surface area (Å²) in [5.74, 6) is 0.665. The first-order valence-corrected chi connectivity index (χ1v) is 6.35. The lowest BCUT2D eigenvalue weighted by Gasteiger charge is -2.19. The monoisotopic (exact) mass is 277 g/mol. The van der Waals surface area contributed by atoms with E-state index < -0.39 is 6.10 Å². The summed E-state index contributed by atoms with van der Waals surface area (Å²) in [6.45, 7) is 3.94. The summed E-state index contributed by atoms with van der Waals surface area (Å²) in [6.07, 6.45) is 2.31. The normalized spacial score (nSPS) is 12.3. The maximum absolute atomic E-state index is 10.6. The molecule has 4 heteroatoms. The fraction of sp³-hybridized carbons (Fsp3) is 0.267. The van der Waals surface area contributed by atoms with Gasteiger partial charge in [-0.05, 0) is 37.1 Å². The number of aliphatic hydroxyl groups excluding tert-OH is 1. The average Bonchev–Trinajstić information content (AvgIpc) is 2.37. The van der Waals surface area contributed by atoms with Gasteiger partial charge in [0, 0.05) is 23.5 Å². The molecule has 1 atom stereocenters. The summed E-state index contributed by atoms with van der Waals surface area (Å²) in [6, 6.07) is 5.63. The van der Waals surface area contributed by atoms with Crippen molar-refractivity contribution in [3.63, 3.8) is 0 Å². The van der Waals surface area contributed by atoms with Crippen LogP contribution in [0.2, 0.25) is 5.02 Å². The van der Waals surface area contributed by atoms with Crippen molar-refractivity contribution in [1.29, 1.82) is 0 Å². The summed E-state index contributed by atoms with van der Waals surface area (Å²) < 4.78 is 5.37. The number of benzene rings is 1. The van der Waals surface area contributed by atoms with Crippen LogP contribution in [0.1, 0.15) is 28.4 Å². The number of aliphatic hydroxyl groups is 1. The van der Waals surface area contributed by atoms with Crippen LogP contribution in [-0.2, 0) is 0 Å². The van der Waals surface area contributed by atoms with E-state index in [1.807, 2.05) is 26.0 Å². The number of ether oxygens (including phenoxy) is 1. The zero-order valence-electron chi connectivity index (χ0n) is 11.1. The van der Waals surface area contributed by atoms with E-state index in [9.17, 15) is 5.11 Å². The van der Waals surface area contributed by atoms with Crippen molar-refractivity contribution in [1.82, 2.24) is 4.98 Å². The standard InChI is InChI=1S/C15H16ClNO2/c1-9-6-10(2)14(13(7-9)19-3)15(18)11-4-5-17-8-12(11)16/h4-8,15,18H,1-3H3. The van der Waals surface area contributed by atoms with Gasteiger partial charge in [0.15, 0.2) is 0 Å². The minimum atomic E-state index is -0.828. The Hall–Kier alpha value is -1.58. The molecular formula is C15H16ClNO2. The molecule has 0 bridgehead atoms. The first kappa shape index (κ1) is 13.8. The van der Waals surface area contributed by atoms with Crippen LogP contribution >= 0.6 is 11.6 Å². The predicted octanol–water partition coefficient (Wildman–Crippen LogP) is 3.44. The molecule has 0 saturated heterocycles. The average molecular weight is 278 g/mol. The molecule has 0 saturated carbocycles. The van der Waals surface area contributed by atoms with Crippen molar-refractivity contribution in [2.75, 3.05) is 7.11 Å². The van der Waals surface area contributed by atoms with Gasteiger partial charge in [-0.25, -0.2) is 0 Å². The Morgan fingerprint density at radius 1 is 1.32 bits per heavy atom. The van der Waals surface area contributed by atoms with E-state index in [1.165, 1.54) is 6.20 Å². The van der Waals surface area contributed by atoms with Crippen molar-refractivity contribution < 1.29 is 9.84 Å². The van der Waals surface area contributed by atoms with Crippen LogP contribution in [0.5, 0.6) is 5.75 Å². The minimum absolute atomic E-state index is 0.442. The van der Waals surface area contributed by atoms with Gasteiger partial charge in [-0.15, -0.1) is 0 Å². The molecule has 19 heavy (non-hydrogen) atoms. The lowest BCUT2D eigenvalue weighted by atomic mass is 9.95. The first-order valence-electron chi connectivity index (χ1n) is 5.97. The maximum atomic E-state index is 10.6. The Kier molecular flexibility index (Phi) is 4.08. The van der Waals surface area contributed by atoms with Crippen LogP contribution in [0.3, 0.4) is 0 Å². The van der Waals surface area contributed by atoms with E-state index >= 15 is 0 Å². The zero-order valence-corrected chi connectivity index (χ0v) is 11.9. The second-order valence-electron chi connectivity index (χ2n) is 4.50. The van der Waals surface area contributed by atoms with Crippen LogP contribution in [0.15, 0.2) is 30.6 Å². The first-order chi connectivity index (χ1) is 9.04. The molecule has 0 amide bonds. The van der Waals surface area contributed by atoms with Gasteiger partial charge in [-0.3, -0.25) is 4.98 Å². The molecule has 3 nitrogen and oxygen atoms in total. The zero-order chi connectivity index (χ0) is 14.0. The predicted molar refractivity (Wildman–Crippen MR) is 75.8 cm³/mol. The third kappa shape index (κ3) is 2.72. The fourth-order valence-electron chi connectivity index (χ4n) is 2.22. The number of methoxy groups -OCH3 is 1. The Morgan fingerprint density at radius 2 is 2.05 bits per heavy atom. The topological polar surface area (TPSA) is 42.4 Å². The highest BCUT2D eigenvalue weighted by molar-refractivity contribution is 6.31. The van der Waals surface area contributed by atoms with E-state index in [-0.39, 0.29) is 0 Å².